The largest absolute Gasteiger partial charge is 0.481 e. The van der Waals surface area contributed by atoms with Crippen molar-refractivity contribution in [2.45, 2.75) is 70.9 Å². The molecular formula is C12H26O9S. The van der Waals surface area contributed by atoms with Crippen molar-refractivity contribution < 1.29 is 42.4 Å². The van der Waals surface area contributed by atoms with Gasteiger partial charge in [0, 0.05) is 19.3 Å². The van der Waals surface area contributed by atoms with Crippen LogP contribution in [0.15, 0.2) is 0 Å². The average molecular weight is 346 g/mol. The minimum atomic E-state index is -4.67. The highest BCUT2D eigenvalue weighted by atomic mass is 32.3. The van der Waals surface area contributed by atoms with Gasteiger partial charge in [-0.2, -0.15) is 8.42 Å². The summed E-state index contributed by atoms with van der Waals surface area (Å²) in [7, 11) is -4.67. The summed E-state index contributed by atoms with van der Waals surface area (Å²) < 4.78 is 36.1. The Labute approximate surface area is 130 Å². The van der Waals surface area contributed by atoms with E-state index >= 15 is 0 Å². The molecule has 2 atom stereocenters. The average Bonchev–Trinajstić information content (AvgIpc) is 2.71. The van der Waals surface area contributed by atoms with E-state index in [0.29, 0.717) is 19.3 Å². The van der Waals surface area contributed by atoms with Crippen molar-refractivity contribution in [2.24, 2.45) is 0 Å². The van der Waals surface area contributed by atoms with Gasteiger partial charge >= 0.3 is 16.4 Å². The van der Waals surface area contributed by atoms with Crippen LogP contribution in [0.2, 0.25) is 0 Å². The van der Waals surface area contributed by atoms with E-state index in [1.165, 1.54) is 19.3 Å². The van der Waals surface area contributed by atoms with E-state index < -0.39 is 28.9 Å². The summed E-state index contributed by atoms with van der Waals surface area (Å²) >= 11 is 0. The lowest BCUT2D eigenvalue weighted by atomic mass is 10.1. The van der Waals surface area contributed by atoms with Gasteiger partial charge in [-0.1, -0.05) is 32.6 Å². The predicted molar refractivity (Wildman–Crippen MR) is 77.5 cm³/mol. The molecule has 0 aliphatic carbocycles. The fourth-order valence-electron chi connectivity index (χ4n) is 1.48. The number of carboxylic acids is 1. The van der Waals surface area contributed by atoms with Gasteiger partial charge in [0.2, 0.25) is 0 Å². The van der Waals surface area contributed by atoms with E-state index in [2.05, 4.69) is 11.7 Å². The molecule has 1 heterocycles. The number of hydrogen-bond donors (Lipinski definition) is 5. The van der Waals surface area contributed by atoms with Gasteiger partial charge in [-0.3, -0.25) is 13.9 Å². The van der Waals surface area contributed by atoms with Gasteiger partial charge in [0.25, 0.3) is 0 Å². The lowest BCUT2D eigenvalue weighted by Crippen LogP contribution is -2.07. The maximum Gasteiger partial charge on any atom is 0.394 e. The first-order chi connectivity index (χ1) is 10.1. The van der Waals surface area contributed by atoms with Gasteiger partial charge in [-0.25, -0.2) is 0 Å². The topological polar surface area (TPSA) is 162 Å². The number of carboxylic acid groups (broad SMARTS) is 1. The number of unbranched alkanes of at least 4 members (excludes halogenated alkanes) is 4. The van der Waals surface area contributed by atoms with Crippen LogP contribution in [0.1, 0.15) is 58.3 Å². The van der Waals surface area contributed by atoms with Crippen molar-refractivity contribution in [3.05, 3.63) is 0 Å². The van der Waals surface area contributed by atoms with Gasteiger partial charge < -0.3 is 20.1 Å². The number of ether oxygens (including phenoxy) is 1. The van der Waals surface area contributed by atoms with Crippen LogP contribution in [0.4, 0.5) is 0 Å². The maximum atomic E-state index is 10.0. The molecule has 1 saturated heterocycles. The second kappa shape index (κ2) is 13.9. The van der Waals surface area contributed by atoms with Crippen molar-refractivity contribution >= 4 is 16.4 Å². The molecule has 0 aromatic heterocycles. The highest BCUT2D eigenvalue weighted by molar-refractivity contribution is 7.79. The minimum absolute atomic E-state index is 0.337. The van der Waals surface area contributed by atoms with E-state index in [1.54, 1.807) is 0 Å². The molecule has 2 unspecified atom stereocenters. The smallest absolute Gasteiger partial charge is 0.394 e. The lowest BCUT2D eigenvalue weighted by molar-refractivity contribution is -0.160. The number of aliphatic carboxylic acids is 1. The zero-order valence-electron chi connectivity index (χ0n) is 12.6. The Morgan fingerprint density at radius 2 is 1.45 bits per heavy atom. The molecule has 1 aliphatic heterocycles. The van der Waals surface area contributed by atoms with Crippen molar-refractivity contribution in [3.63, 3.8) is 0 Å². The van der Waals surface area contributed by atoms with Gasteiger partial charge in [0.05, 0.1) is 0 Å². The van der Waals surface area contributed by atoms with E-state index in [1.807, 2.05) is 0 Å². The lowest BCUT2D eigenvalue weighted by Gasteiger charge is -1.99. The van der Waals surface area contributed by atoms with E-state index in [-0.39, 0.29) is 0 Å². The van der Waals surface area contributed by atoms with Gasteiger partial charge in [0.15, 0.2) is 12.6 Å². The van der Waals surface area contributed by atoms with Crippen LogP contribution < -0.4 is 0 Å². The molecule has 0 bridgehead atoms. The fourth-order valence-corrected chi connectivity index (χ4v) is 1.48. The molecule has 1 rings (SSSR count). The monoisotopic (exact) mass is 346 g/mol. The summed E-state index contributed by atoms with van der Waals surface area (Å²) in [6.07, 6.45) is 5.54. The van der Waals surface area contributed by atoms with Crippen LogP contribution in [0.5, 0.6) is 0 Å². The number of rotatable bonds is 6. The highest BCUT2D eigenvalue weighted by Gasteiger charge is 2.19. The molecule has 0 aromatic carbocycles. The molecule has 0 amide bonds. The molecule has 22 heavy (non-hydrogen) atoms. The van der Waals surface area contributed by atoms with Gasteiger partial charge in [-0.05, 0) is 6.42 Å². The normalized spacial score (nSPS) is 20.4. The molecule has 0 saturated carbocycles. The van der Waals surface area contributed by atoms with Gasteiger partial charge in [-0.15, -0.1) is 0 Å². The predicted octanol–water partition coefficient (Wildman–Crippen LogP) is 1.21. The second-order valence-electron chi connectivity index (χ2n) is 4.63. The first-order valence-electron chi connectivity index (χ1n) is 6.99. The zero-order chi connectivity index (χ0) is 17.6. The summed E-state index contributed by atoms with van der Waals surface area (Å²) in [5.41, 5.74) is 0. The standard InChI is InChI=1S/C8H16O2.C4H8O3.H2O4S/c1-2-3-4-5-6-7-8(9)10;5-3-1-2-4(6)7-3;1-5(2,3)4/h2-7H2,1H3,(H,9,10);3-6H,1-2H2;(H2,1,2,3,4). The van der Waals surface area contributed by atoms with E-state index in [4.69, 9.17) is 32.8 Å². The van der Waals surface area contributed by atoms with Crippen molar-refractivity contribution in [2.75, 3.05) is 0 Å². The number of aliphatic hydroxyl groups excluding tert-OH is 2. The number of carbonyl (C=O) groups is 1. The van der Waals surface area contributed by atoms with E-state index in [0.717, 1.165) is 12.8 Å². The first-order valence-corrected chi connectivity index (χ1v) is 8.39. The molecule has 0 radical (unpaired) electrons. The molecule has 134 valence electrons. The van der Waals surface area contributed by atoms with E-state index in [9.17, 15) is 4.79 Å². The van der Waals surface area contributed by atoms with Crippen LogP contribution in [0.3, 0.4) is 0 Å². The molecule has 9 nitrogen and oxygen atoms in total. The Kier molecular flexibility index (Phi) is 14.8. The SMILES string of the molecule is CCCCCCCC(=O)O.O=S(=O)(O)O.OC1CCC(O)O1. The van der Waals surface area contributed by atoms with Crippen LogP contribution in [0.25, 0.3) is 0 Å². The first kappa shape index (κ1) is 23.5. The second-order valence-corrected chi connectivity index (χ2v) is 5.52. The summed E-state index contributed by atoms with van der Waals surface area (Å²) in [4.78, 5) is 10.0. The van der Waals surface area contributed by atoms with Crippen LogP contribution >= 0.6 is 0 Å². The van der Waals surface area contributed by atoms with Crippen LogP contribution in [-0.2, 0) is 19.9 Å². The van der Waals surface area contributed by atoms with Gasteiger partial charge in [0.1, 0.15) is 0 Å². The molecule has 1 fully saturated rings. The summed E-state index contributed by atoms with van der Waals surface area (Å²) in [5.74, 6) is -0.670. The van der Waals surface area contributed by atoms with Crippen LogP contribution in [0, 0.1) is 0 Å². The van der Waals surface area contributed by atoms with Crippen molar-refractivity contribution in [1.82, 2.24) is 0 Å². The fraction of sp³-hybridized carbons (Fsp3) is 0.917. The highest BCUT2D eigenvalue weighted by Crippen LogP contribution is 2.13. The molecule has 0 spiro atoms. The third-order valence-electron chi connectivity index (χ3n) is 2.47. The summed E-state index contributed by atoms with van der Waals surface area (Å²) in [6.45, 7) is 2.15. The molecule has 10 heteroatoms. The Morgan fingerprint density at radius 1 is 1.05 bits per heavy atom. The Hall–Kier alpha value is -0.780. The quantitative estimate of drug-likeness (QED) is 0.351. The summed E-state index contributed by atoms with van der Waals surface area (Å²) in [6, 6.07) is 0. The van der Waals surface area contributed by atoms with Crippen LogP contribution in [-0.4, -0.2) is 51.4 Å². The molecular weight excluding hydrogens is 320 g/mol. The Morgan fingerprint density at radius 3 is 1.73 bits per heavy atom. The Bertz CT molecular complexity index is 353. The van der Waals surface area contributed by atoms with Crippen molar-refractivity contribution in [1.29, 1.82) is 0 Å². The molecule has 0 aromatic rings. The Balaban J connectivity index is 0. The third kappa shape index (κ3) is 27.5. The minimum Gasteiger partial charge on any atom is -0.481 e. The summed E-state index contributed by atoms with van der Waals surface area (Å²) in [5, 5.41) is 25.3. The third-order valence-corrected chi connectivity index (χ3v) is 2.47. The number of hydrogen-bond acceptors (Lipinski definition) is 6. The molecule has 1 aliphatic rings. The zero-order valence-corrected chi connectivity index (χ0v) is 13.4. The maximum absolute atomic E-state index is 10.0. The number of aliphatic hydroxyl groups is 2. The molecule has 5 N–H and O–H groups in total. The van der Waals surface area contributed by atoms with Crippen molar-refractivity contribution in [3.8, 4) is 0 Å².